The third kappa shape index (κ3) is 6.85. The van der Waals surface area contributed by atoms with Gasteiger partial charge in [0.2, 0.25) is 5.91 Å². The molecule has 0 aliphatic carbocycles. The van der Waals surface area contributed by atoms with E-state index in [0.717, 1.165) is 21.0 Å². The molecule has 7 nitrogen and oxygen atoms in total. The van der Waals surface area contributed by atoms with E-state index in [0.29, 0.717) is 17.3 Å². The van der Waals surface area contributed by atoms with Gasteiger partial charge in [-0.2, -0.15) is 0 Å². The van der Waals surface area contributed by atoms with E-state index in [4.69, 9.17) is 11.6 Å². The number of para-hydroxylation sites is 1. The molecule has 0 spiro atoms. The third-order valence-corrected chi connectivity index (χ3v) is 8.25. The minimum Gasteiger partial charge on any atom is -0.348 e. The molecule has 200 valence electrons. The normalized spacial score (nSPS) is 11.1. The molecule has 4 aromatic rings. The van der Waals surface area contributed by atoms with Crippen LogP contribution >= 0.6 is 11.6 Å². The average molecular weight is 562 g/mol. The maximum Gasteiger partial charge on any atom is 0.264 e. The summed E-state index contributed by atoms with van der Waals surface area (Å²) in [6, 6.07) is 27.0. The monoisotopic (exact) mass is 561 g/mol. The Morgan fingerprint density at radius 1 is 0.821 bits per heavy atom. The van der Waals surface area contributed by atoms with Crippen molar-refractivity contribution in [1.29, 1.82) is 0 Å². The Hall–Kier alpha value is -4.14. The van der Waals surface area contributed by atoms with Gasteiger partial charge in [0.25, 0.3) is 15.9 Å². The van der Waals surface area contributed by atoms with Gasteiger partial charge in [-0.1, -0.05) is 60.1 Å². The second kappa shape index (κ2) is 12.1. The summed E-state index contributed by atoms with van der Waals surface area (Å²) in [5.74, 6) is -0.969. The standard InChI is InChI=1S/C30H28ClN3O4S/c1-21-12-15-25(18-22(21)2)34(39(37,38)26-16-13-24(31)14-17-26)20-29(35)33-28-11-7-6-10-27(28)30(36)32-19-23-8-4-3-5-9-23/h3-18H,19-20H2,1-2H3,(H,32,36)(H,33,35). The molecule has 0 atom stereocenters. The lowest BCUT2D eigenvalue weighted by Gasteiger charge is -2.25. The van der Waals surface area contributed by atoms with Gasteiger partial charge in [0, 0.05) is 11.6 Å². The number of halogens is 1. The van der Waals surface area contributed by atoms with Gasteiger partial charge in [-0.25, -0.2) is 8.42 Å². The van der Waals surface area contributed by atoms with Gasteiger partial charge in [-0.15, -0.1) is 0 Å². The topological polar surface area (TPSA) is 95.6 Å². The number of anilines is 2. The van der Waals surface area contributed by atoms with Crippen molar-refractivity contribution in [3.05, 3.63) is 124 Å². The fourth-order valence-corrected chi connectivity index (χ4v) is 5.45. The Kier molecular flexibility index (Phi) is 8.69. The first kappa shape index (κ1) is 27.9. The van der Waals surface area contributed by atoms with Crippen LogP contribution in [0.2, 0.25) is 5.02 Å². The molecule has 0 radical (unpaired) electrons. The van der Waals surface area contributed by atoms with Gasteiger partial charge >= 0.3 is 0 Å². The number of carbonyl (C=O) groups excluding carboxylic acids is 2. The summed E-state index contributed by atoms with van der Waals surface area (Å²) < 4.78 is 28.4. The average Bonchev–Trinajstić information content (AvgIpc) is 2.93. The van der Waals surface area contributed by atoms with E-state index in [1.807, 2.05) is 44.2 Å². The number of amides is 2. The van der Waals surface area contributed by atoms with Gasteiger partial charge in [-0.3, -0.25) is 13.9 Å². The quantitative estimate of drug-likeness (QED) is 0.273. The van der Waals surface area contributed by atoms with Crippen molar-refractivity contribution in [2.45, 2.75) is 25.3 Å². The van der Waals surface area contributed by atoms with Gasteiger partial charge < -0.3 is 10.6 Å². The number of nitrogens with zero attached hydrogens (tertiary/aromatic N) is 1. The summed E-state index contributed by atoms with van der Waals surface area (Å²) in [6.07, 6.45) is 0. The smallest absolute Gasteiger partial charge is 0.264 e. The molecule has 2 N–H and O–H groups in total. The molecule has 4 rings (SSSR count). The van der Waals surface area contributed by atoms with E-state index in [-0.39, 0.29) is 22.1 Å². The minimum atomic E-state index is -4.12. The molecule has 0 aromatic heterocycles. The Labute approximate surface area is 233 Å². The largest absolute Gasteiger partial charge is 0.348 e. The maximum absolute atomic E-state index is 13.7. The van der Waals surface area contributed by atoms with Gasteiger partial charge in [0.1, 0.15) is 6.54 Å². The van der Waals surface area contributed by atoms with Crippen molar-refractivity contribution in [3.63, 3.8) is 0 Å². The first-order valence-electron chi connectivity index (χ1n) is 12.2. The third-order valence-electron chi connectivity index (χ3n) is 6.21. The van der Waals surface area contributed by atoms with Crippen molar-refractivity contribution in [1.82, 2.24) is 5.32 Å². The summed E-state index contributed by atoms with van der Waals surface area (Å²) in [5.41, 5.74) is 3.69. The van der Waals surface area contributed by atoms with Crippen LogP contribution in [0.3, 0.4) is 0 Å². The molecule has 4 aromatic carbocycles. The number of nitrogens with one attached hydrogen (secondary N) is 2. The van der Waals surface area contributed by atoms with Crippen molar-refractivity contribution in [2.24, 2.45) is 0 Å². The highest BCUT2D eigenvalue weighted by molar-refractivity contribution is 7.92. The lowest BCUT2D eigenvalue weighted by atomic mass is 10.1. The molecule has 39 heavy (non-hydrogen) atoms. The zero-order valence-electron chi connectivity index (χ0n) is 21.5. The van der Waals surface area contributed by atoms with Crippen molar-refractivity contribution >= 4 is 44.8 Å². The van der Waals surface area contributed by atoms with Crippen LogP contribution in [0.25, 0.3) is 0 Å². The van der Waals surface area contributed by atoms with Crippen LogP contribution in [-0.4, -0.2) is 26.8 Å². The summed E-state index contributed by atoms with van der Waals surface area (Å²) in [4.78, 5) is 26.2. The summed E-state index contributed by atoms with van der Waals surface area (Å²) in [5, 5.41) is 5.97. The SMILES string of the molecule is Cc1ccc(N(CC(=O)Nc2ccccc2C(=O)NCc2ccccc2)S(=O)(=O)c2ccc(Cl)cc2)cc1C. The van der Waals surface area contributed by atoms with E-state index < -0.39 is 22.5 Å². The van der Waals surface area contributed by atoms with E-state index in [9.17, 15) is 18.0 Å². The molecule has 2 amide bonds. The van der Waals surface area contributed by atoms with E-state index >= 15 is 0 Å². The highest BCUT2D eigenvalue weighted by Gasteiger charge is 2.28. The lowest BCUT2D eigenvalue weighted by molar-refractivity contribution is -0.114. The number of aryl methyl sites for hydroxylation is 2. The van der Waals surface area contributed by atoms with Crippen LogP contribution in [-0.2, 0) is 21.4 Å². The zero-order chi connectivity index (χ0) is 28.0. The zero-order valence-corrected chi connectivity index (χ0v) is 23.1. The summed E-state index contributed by atoms with van der Waals surface area (Å²) >= 11 is 5.96. The number of hydrogen-bond donors (Lipinski definition) is 2. The molecule has 0 bridgehead atoms. The van der Waals surface area contributed by atoms with Crippen LogP contribution in [0.5, 0.6) is 0 Å². The van der Waals surface area contributed by atoms with Crippen LogP contribution in [0.4, 0.5) is 11.4 Å². The predicted octanol–water partition coefficient (Wildman–Crippen LogP) is 5.72. The second-order valence-electron chi connectivity index (χ2n) is 9.00. The van der Waals surface area contributed by atoms with E-state index in [2.05, 4.69) is 10.6 Å². The Morgan fingerprint density at radius 2 is 1.49 bits per heavy atom. The molecule has 0 saturated heterocycles. The highest BCUT2D eigenvalue weighted by Crippen LogP contribution is 2.27. The van der Waals surface area contributed by atoms with Crippen LogP contribution in [0.15, 0.2) is 102 Å². The minimum absolute atomic E-state index is 0.00128. The van der Waals surface area contributed by atoms with E-state index in [1.165, 1.54) is 24.3 Å². The number of rotatable bonds is 9. The molecule has 0 fully saturated rings. The van der Waals surface area contributed by atoms with Gasteiger partial charge in [0.05, 0.1) is 21.8 Å². The Balaban J connectivity index is 1.58. The summed E-state index contributed by atoms with van der Waals surface area (Å²) in [7, 11) is -4.12. The molecule has 9 heteroatoms. The molecule has 0 aliphatic rings. The second-order valence-corrected chi connectivity index (χ2v) is 11.3. The van der Waals surface area contributed by atoms with Crippen molar-refractivity contribution in [3.8, 4) is 0 Å². The number of benzene rings is 4. The number of carbonyl (C=O) groups is 2. The molecule has 0 unspecified atom stereocenters. The number of hydrogen-bond acceptors (Lipinski definition) is 4. The Morgan fingerprint density at radius 3 is 2.18 bits per heavy atom. The summed E-state index contributed by atoms with van der Waals surface area (Å²) in [6.45, 7) is 3.61. The fourth-order valence-electron chi connectivity index (χ4n) is 3.91. The Bertz CT molecular complexity index is 1590. The predicted molar refractivity (Wildman–Crippen MR) is 155 cm³/mol. The lowest BCUT2D eigenvalue weighted by Crippen LogP contribution is -2.38. The van der Waals surface area contributed by atoms with Gasteiger partial charge in [0.15, 0.2) is 0 Å². The van der Waals surface area contributed by atoms with Crippen molar-refractivity contribution < 1.29 is 18.0 Å². The molecule has 0 heterocycles. The molecule has 0 saturated carbocycles. The first-order chi connectivity index (χ1) is 18.6. The molecular weight excluding hydrogens is 534 g/mol. The van der Waals surface area contributed by atoms with Crippen LogP contribution in [0, 0.1) is 13.8 Å². The van der Waals surface area contributed by atoms with Crippen LogP contribution in [0.1, 0.15) is 27.0 Å². The van der Waals surface area contributed by atoms with Crippen LogP contribution < -0.4 is 14.9 Å². The maximum atomic E-state index is 13.7. The molecular formula is C30H28ClN3O4S. The number of sulfonamides is 1. The van der Waals surface area contributed by atoms with E-state index in [1.54, 1.807) is 42.5 Å². The van der Waals surface area contributed by atoms with Gasteiger partial charge in [-0.05, 0) is 79.1 Å². The first-order valence-corrected chi connectivity index (χ1v) is 14.0. The fraction of sp³-hybridized carbons (Fsp3) is 0.133. The van der Waals surface area contributed by atoms with Crippen molar-refractivity contribution in [2.75, 3.05) is 16.2 Å². The molecule has 0 aliphatic heterocycles. The highest BCUT2D eigenvalue weighted by atomic mass is 35.5.